The molecule has 0 radical (unpaired) electrons. The number of anilines is 4. The molecule has 6 rings (SSSR count). The fourth-order valence-corrected chi connectivity index (χ4v) is 8.26. The standard InChI is InChI=1S/C32H28F2N2S2/c1-17-11-19(3)29(20(4)12-17)35-25-9-7-23(33)15-27(25)37-31(35)32-36(26-10-8-24(34)16-28(26)38-32)30-21(5)13-18(2)14-22(30)6/h7-16H,1-6H3/b32-31+. The van der Waals surface area contributed by atoms with E-state index in [4.69, 9.17) is 0 Å². The van der Waals surface area contributed by atoms with Crippen LogP contribution >= 0.6 is 23.5 Å². The minimum atomic E-state index is -0.258. The Labute approximate surface area is 231 Å². The number of fused-ring (bicyclic) bond motifs is 2. The lowest BCUT2D eigenvalue weighted by atomic mass is 10.0. The van der Waals surface area contributed by atoms with Crippen molar-refractivity contribution in [1.82, 2.24) is 0 Å². The van der Waals surface area contributed by atoms with Gasteiger partial charge in [0.1, 0.15) is 21.7 Å². The molecule has 4 aromatic carbocycles. The molecule has 2 heterocycles. The number of aryl methyl sites for hydroxylation is 6. The predicted molar refractivity (Wildman–Crippen MR) is 157 cm³/mol. The van der Waals surface area contributed by atoms with Crippen molar-refractivity contribution in [3.63, 3.8) is 0 Å². The first-order valence-corrected chi connectivity index (χ1v) is 14.2. The van der Waals surface area contributed by atoms with E-state index in [1.54, 1.807) is 35.7 Å². The zero-order chi connectivity index (χ0) is 26.9. The Balaban J connectivity index is 1.66. The lowest BCUT2D eigenvalue weighted by molar-refractivity contribution is 0.624. The minimum absolute atomic E-state index is 0.258. The van der Waals surface area contributed by atoms with Gasteiger partial charge in [0.05, 0.1) is 22.7 Å². The van der Waals surface area contributed by atoms with Crippen LogP contribution < -0.4 is 9.80 Å². The summed E-state index contributed by atoms with van der Waals surface area (Å²) in [4.78, 5) is 6.26. The molecule has 0 spiro atoms. The van der Waals surface area contributed by atoms with Gasteiger partial charge in [-0.2, -0.15) is 0 Å². The van der Waals surface area contributed by atoms with Crippen LogP contribution in [0.15, 0.2) is 80.5 Å². The second kappa shape index (κ2) is 9.21. The van der Waals surface area contributed by atoms with Crippen LogP contribution in [0.5, 0.6) is 0 Å². The molecule has 192 valence electrons. The van der Waals surface area contributed by atoms with E-state index in [1.807, 2.05) is 12.1 Å². The van der Waals surface area contributed by atoms with Gasteiger partial charge in [-0.1, -0.05) is 58.9 Å². The summed E-state index contributed by atoms with van der Waals surface area (Å²) in [6.45, 7) is 12.7. The first-order valence-electron chi connectivity index (χ1n) is 12.6. The maximum absolute atomic E-state index is 14.4. The monoisotopic (exact) mass is 542 g/mol. The highest BCUT2D eigenvalue weighted by molar-refractivity contribution is 8.07. The summed E-state index contributed by atoms with van der Waals surface area (Å²) in [7, 11) is 0. The first kappa shape index (κ1) is 25.1. The van der Waals surface area contributed by atoms with E-state index < -0.39 is 0 Å². The number of hydrogen-bond donors (Lipinski definition) is 0. The third-order valence-corrected chi connectivity index (χ3v) is 9.41. The van der Waals surface area contributed by atoms with Crippen molar-refractivity contribution in [2.24, 2.45) is 0 Å². The first-order chi connectivity index (χ1) is 18.1. The lowest BCUT2D eigenvalue weighted by Gasteiger charge is -2.30. The van der Waals surface area contributed by atoms with Crippen molar-refractivity contribution in [2.75, 3.05) is 9.80 Å². The molecule has 2 aliphatic heterocycles. The van der Waals surface area contributed by atoms with E-state index in [0.717, 1.165) is 64.9 Å². The average molecular weight is 543 g/mol. The number of halogens is 2. The van der Waals surface area contributed by atoms with Crippen LogP contribution in [-0.4, -0.2) is 0 Å². The molecule has 0 fully saturated rings. The molecule has 0 saturated carbocycles. The lowest BCUT2D eigenvalue weighted by Crippen LogP contribution is -2.21. The van der Waals surface area contributed by atoms with Crippen LogP contribution in [0.3, 0.4) is 0 Å². The van der Waals surface area contributed by atoms with Crippen LogP contribution in [0.25, 0.3) is 0 Å². The van der Waals surface area contributed by atoms with Gasteiger partial charge in [0.2, 0.25) is 0 Å². The van der Waals surface area contributed by atoms with Crippen molar-refractivity contribution in [3.05, 3.63) is 116 Å². The molecule has 0 amide bonds. The molecule has 4 aromatic rings. The van der Waals surface area contributed by atoms with Crippen molar-refractivity contribution in [2.45, 2.75) is 51.3 Å². The predicted octanol–water partition coefficient (Wildman–Crippen LogP) is 10.1. The quantitative estimate of drug-likeness (QED) is 0.248. The van der Waals surface area contributed by atoms with Gasteiger partial charge in [0, 0.05) is 9.79 Å². The smallest absolute Gasteiger partial charge is 0.124 e. The normalized spacial score (nSPS) is 16.3. The molecule has 0 unspecified atom stereocenters. The van der Waals surface area contributed by atoms with Crippen LogP contribution in [0.1, 0.15) is 33.4 Å². The fourth-order valence-electron chi connectivity index (χ4n) is 5.80. The molecular weight excluding hydrogens is 514 g/mol. The molecule has 0 atom stereocenters. The summed E-state index contributed by atoms with van der Waals surface area (Å²) < 4.78 is 28.9. The van der Waals surface area contributed by atoms with Gasteiger partial charge in [-0.25, -0.2) is 8.78 Å². The Morgan fingerprint density at radius 1 is 0.500 bits per heavy atom. The van der Waals surface area contributed by atoms with E-state index >= 15 is 0 Å². The number of hydrogen-bond acceptors (Lipinski definition) is 4. The van der Waals surface area contributed by atoms with Gasteiger partial charge in [-0.3, -0.25) is 0 Å². The molecule has 6 heteroatoms. The highest BCUT2D eigenvalue weighted by atomic mass is 32.2. The summed E-state index contributed by atoms with van der Waals surface area (Å²) in [6.07, 6.45) is 0. The van der Waals surface area contributed by atoms with E-state index in [2.05, 4.69) is 75.6 Å². The molecule has 2 nitrogen and oxygen atoms in total. The zero-order valence-electron chi connectivity index (χ0n) is 22.2. The van der Waals surface area contributed by atoms with E-state index in [9.17, 15) is 8.78 Å². The van der Waals surface area contributed by atoms with Gasteiger partial charge in [-0.05, 0) is 100 Å². The SMILES string of the molecule is Cc1cc(C)c(N2/C(=C3\Sc4cc(F)ccc4N3c3c(C)cc(C)cc3C)Sc3cc(F)ccc32)c(C)c1. The molecule has 0 bridgehead atoms. The van der Waals surface area contributed by atoms with Crippen LogP contribution in [0.4, 0.5) is 31.5 Å². The maximum atomic E-state index is 14.4. The molecule has 0 saturated heterocycles. The Morgan fingerprint density at radius 3 is 1.18 bits per heavy atom. The summed E-state index contributed by atoms with van der Waals surface area (Å²) in [5.41, 5.74) is 11.1. The van der Waals surface area contributed by atoms with E-state index in [1.165, 1.54) is 23.3 Å². The molecule has 38 heavy (non-hydrogen) atoms. The zero-order valence-corrected chi connectivity index (χ0v) is 23.9. The highest BCUT2D eigenvalue weighted by Crippen LogP contribution is 2.60. The molecule has 0 N–H and O–H groups in total. The third-order valence-electron chi connectivity index (χ3n) is 7.05. The summed E-state index contributed by atoms with van der Waals surface area (Å²) >= 11 is 3.14. The fraction of sp³-hybridized carbons (Fsp3) is 0.188. The minimum Gasteiger partial charge on any atom is -0.301 e. The molecule has 0 aliphatic carbocycles. The van der Waals surface area contributed by atoms with Gasteiger partial charge < -0.3 is 9.80 Å². The number of rotatable bonds is 2. The number of benzene rings is 4. The Hall–Kier alpha value is -3.22. The largest absolute Gasteiger partial charge is 0.301 e. The second-order valence-corrected chi connectivity index (χ2v) is 12.3. The molecule has 0 aromatic heterocycles. The van der Waals surface area contributed by atoms with E-state index in [-0.39, 0.29) is 11.6 Å². The topological polar surface area (TPSA) is 6.48 Å². The van der Waals surface area contributed by atoms with Gasteiger partial charge in [-0.15, -0.1) is 0 Å². The Morgan fingerprint density at radius 2 is 0.842 bits per heavy atom. The summed E-state index contributed by atoms with van der Waals surface area (Å²) in [5.74, 6) is -0.516. The van der Waals surface area contributed by atoms with Crippen LogP contribution in [0, 0.1) is 53.2 Å². The maximum Gasteiger partial charge on any atom is 0.124 e. The molecular formula is C32H28F2N2S2. The van der Waals surface area contributed by atoms with Gasteiger partial charge in [0.15, 0.2) is 0 Å². The second-order valence-electron chi connectivity index (χ2n) is 10.2. The third kappa shape index (κ3) is 4.02. The Bertz CT molecular complexity index is 1510. The van der Waals surface area contributed by atoms with Crippen molar-refractivity contribution < 1.29 is 8.78 Å². The van der Waals surface area contributed by atoms with Crippen LogP contribution in [-0.2, 0) is 0 Å². The van der Waals surface area contributed by atoms with Crippen molar-refractivity contribution in [1.29, 1.82) is 0 Å². The van der Waals surface area contributed by atoms with E-state index in [0.29, 0.717) is 0 Å². The number of thioether (sulfide) groups is 2. The molecule has 2 aliphatic rings. The van der Waals surface area contributed by atoms with Gasteiger partial charge >= 0.3 is 0 Å². The summed E-state index contributed by atoms with van der Waals surface area (Å²) in [5, 5.41) is 1.98. The number of nitrogens with zero attached hydrogens (tertiary/aromatic N) is 2. The van der Waals surface area contributed by atoms with Crippen molar-refractivity contribution >= 4 is 46.3 Å². The Kier molecular flexibility index (Phi) is 6.08. The van der Waals surface area contributed by atoms with Crippen molar-refractivity contribution in [3.8, 4) is 0 Å². The summed E-state index contributed by atoms with van der Waals surface area (Å²) in [6, 6.07) is 18.8. The highest BCUT2D eigenvalue weighted by Gasteiger charge is 2.38. The van der Waals surface area contributed by atoms with Crippen LogP contribution in [0.2, 0.25) is 0 Å². The van der Waals surface area contributed by atoms with Gasteiger partial charge in [0.25, 0.3) is 0 Å². The average Bonchev–Trinajstić information content (AvgIpc) is 3.36.